The van der Waals surface area contributed by atoms with E-state index in [0.29, 0.717) is 13.0 Å². The highest BCUT2D eigenvalue weighted by Gasteiger charge is 2.15. The van der Waals surface area contributed by atoms with E-state index in [1.165, 1.54) is 5.69 Å². The number of nitrogens with zero attached hydrogens (tertiary/aromatic N) is 2. The van der Waals surface area contributed by atoms with Gasteiger partial charge in [0, 0.05) is 38.4 Å². The van der Waals surface area contributed by atoms with Gasteiger partial charge in [0.15, 0.2) is 0 Å². The summed E-state index contributed by atoms with van der Waals surface area (Å²) in [6.07, 6.45) is 3.10. The molecular weight excluding hydrogens is 230 g/mol. The second-order valence-corrected chi connectivity index (χ2v) is 5.28. The largest absolute Gasteiger partial charge is 0.460 e. The highest BCUT2D eigenvalue weighted by atomic mass is 16.6. The smallest absolute Gasteiger partial charge is 0.307 e. The Balaban J connectivity index is 2.09. The van der Waals surface area contributed by atoms with E-state index in [2.05, 4.69) is 10.4 Å². The summed E-state index contributed by atoms with van der Waals surface area (Å²) in [7, 11) is 1.93. The predicted octanol–water partition coefficient (Wildman–Crippen LogP) is 1.28. The van der Waals surface area contributed by atoms with E-state index in [4.69, 9.17) is 4.74 Å². The molecular formula is C13H23N3O2. The lowest BCUT2D eigenvalue weighted by atomic mass is 10.2. The zero-order chi connectivity index (χ0) is 13.6. The van der Waals surface area contributed by atoms with Crippen LogP contribution in [0.25, 0.3) is 0 Å². The Kier molecular flexibility index (Phi) is 5.34. The average Bonchev–Trinajstić information content (AvgIpc) is 2.61. The third-order valence-electron chi connectivity index (χ3n) is 2.41. The van der Waals surface area contributed by atoms with Crippen molar-refractivity contribution in [3.05, 3.63) is 18.0 Å². The van der Waals surface area contributed by atoms with Crippen molar-refractivity contribution in [3.63, 3.8) is 0 Å². The number of carbonyl (C=O) groups excluding carboxylic acids is 1. The van der Waals surface area contributed by atoms with Crippen LogP contribution in [0.2, 0.25) is 0 Å². The van der Waals surface area contributed by atoms with Crippen LogP contribution in [0.1, 0.15) is 32.9 Å². The number of aromatic nitrogens is 2. The molecule has 0 aliphatic carbocycles. The molecule has 1 aromatic heterocycles. The minimum Gasteiger partial charge on any atom is -0.460 e. The van der Waals surface area contributed by atoms with Crippen LogP contribution in [-0.2, 0) is 23.0 Å². The average molecular weight is 253 g/mol. The van der Waals surface area contributed by atoms with E-state index in [9.17, 15) is 4.79 Å². The molecule has 1 aromatic rings. The Labute approximate surface area is 109 Å². The number of nitrogens with one attached hydrogen (secondary N) is 1. The summed E-state index contributed by atoms with van der Waals surface area (Å²) in [6, 6.07) is 2.00. The van der Waals surface area contributed by atoms with Gasteiger partial charge in [-0.2, -0.15) is 5.10 Å². The number of hydrogen-bond acceptors (Lipinski definition) is 4. The molecule has 5 nitrogen and oxygen atoms in total. The maximum atomic E-state index is 11.4. The van der Waals surface area contributed by atoms with Gasteiger partial charge < -0.3 is 10.1 Å². The van der Waals surface area contributed by atoms with Gasteiger partial charge >= 0.3 is 5.97 Å². The molecule has 1 rings (SSSR count). The van der Waals surface area contributed by atoms with Gasteiger partial charge in [0.25, 0.3) is 0 Å². The summed E-state index contributed by atoms with van der Waals surface area (Å²) in [5, 5.41) is 7.32. The molecule has 0 fully saturated rings. The number of hydrogen-bond donors (Lipinski definition) is 1. The summed E-state index contributed by atoms with van der Waals surface area (Å²) in [5.41, 5.74) is 0.783. The third kappa shape index (κ3) is 5.82. The quantitative estimate of drug-likeness (QED) is 0.613. The van der Waals surface area contributed by atoms with Crippen molar-refractivity contribution in [2.75, 3.05) is 13.1 Å². The van der Waals surface area contributed by atoms with Crippen molar-refractivity contribution in [1.82, 2.24) is 15.1 Å². The van der Waals surface area contributed by atoms with Gasteiger partial charge in [-0.1, -0.05) is 0 Å². The Morgan fingerprint density at radius 1 is 1.44 bits per heavy atom. The normalized spacial score (nSPS) is 11.6. The van der Waals surface area contributed by atoms with Crippen LogP contribution in [0.3, 0.4) is 0 Å². The molecule has 1 heterocycles. The van der Waals surface area contributed by atoms with Crippen molar-refractivity contribution < 1.29 is 9.53 Å². The van der Waals surface area contributed by atoms with Crippen molar-refractivity contribution in [3.8, 4) is 0 Å². The summed E-state index contributed by atoms with van der Waals surface area (Å²) < 4.78 is 7.07. The number of aryl methyl sites for hydroxylation is 1. The van der Waals surface area contributed by atoms with Gasteiger partial charge in [-0.3, -0.25) is 9.48 Å². The first kappa shape index (κ1) is 14.7. The van der Waals surface area contributed by atoms with Crippen LogP contribution in [0.15, 0.2) is 12.3 Å². The highest BCUT2D eigenvalue weighted by Crippen LogP contribution is 2.07. The van der Waals surface area contributed by atoms with Crippen LogP contribution < -0.4 is 5.32 Å². The minimum atomic E-state index is -0.397. The number of carbonyl (C=O) groups is 1. The van der Waals surface area contributed by atoms with Crippen molar-refractivity contribution in [2.45, 2.75) is 39.2 Å². The van der Waals surface area contributed by atoms with Crippen LogP contribution >= 0.6 is 0 Å². The first-order valence-corrected chi connectivity index (χ1v) is 6.28. The molecule has 5 heteroatoms. The molecule has 0 aliphatic heterocycles. The maximum Gasteiger partial charge on any atom is 0.307 e. The summed E-state index contributed by atoms with van der Waals surface area (Å²) in [6.45, 7) is 7.11. The van der Waals surface area contributed by atoms with Crippen molar-refractivity contribution in [2.24, 2.45) is 7.05 Å². The molecule has 1 N–H and O–H groups in total. The van der Waals surface area contributed by atoms with Gasteiger partial charge in [0.2, 0.25) is 0 Å². The fourth-order valence-corrected chi connectivity index (χ4v) is 1.57. The van der Waals surface area contributed by atoms with Crippen molar-refractivity contribution in [1.29, 1.82) is 0 Å². The van der Waals surface area contributed by atoms with Crippen LogP contribution in [0.4, 0.5) is 0 Å². The third-order valence-corrected chi connectivity index (χ3v) is 2.41. The molecule has 0 amide bonds. The monoisotopic (exact) mass is 253 g/mol. The molecule has 0 aromatic carbocycles. The fourth-order valence-electron chi connectivity index (χ4n) is 1.57. The van der Waals surface area contributed by atoms with Gasteiger partial charge in [0.05, 0.1) is 6.42 Å². The number of ether oxygens (including phenoxy) is 1. The van der Waals surface area contributed by atoms with E-state index in [-0.39, 0.29) is 5.97 Å². The lowest BCUT2D eigenvalue weighted by Gasteiger charge is -2.19. The predicted molar refractivity (Wildman–Crippen MR) is 70.2 cm³/mol. The molecule has 0 saturated carbocycles. The van der Waals surface area contributed by atoms with Crippen LogP contribution in [-0.4, -0.2) is 34.4 Å². The van der Waals surface area contributed by atoms with E-state index < -0.39 is 5.60 Å². The minimum absolute atomic E-state index is 0.157. The fraction of sp³-hybridized carbons (Fsp3) is 0.692. The lowest BCUT2D eigenvalue weighted by molar-refractivity contribution is -0.154. The molecule has 0 unspecified atom stereocenters. The molecule has 0 saturated heterocycles. The summed E-state index contributed by atoms with van der Waals surface area (Å²) in [4.78, 5) is 11.4. The van der Waals surface area contributed by atoms with E-state index in [1.54, 1.807) is 6.20 Å². The molecule has 102 valence electrons. The van der Waals surface area contributed by atoms with Gasteiger partial charge in [-0.05, 0) is 26.8 Å². The molecule has 0 bridgehead atoms. The number of rotatable bonds is 6. The second kappa shape index (κ2) is 6.54. The topological polar surface area (TPSA) is 56.2 Å². The summed E-state index contributed by atoms with van der Waals surface area (Å²) in [5.74, 6) is -0.157. The van der Waals surface area contributed by atoms with Crippen LogP contribution in [0, 0.1) is 0 Å². The number of esters is 1. The lowest BCUT2D eigenvalue weighted by Crippen LogP contribution is -2.27. The Morgan fingerprint density at radius 2 is 2.17 bits per heavy atom. The molecule has 0 radical (unpaired) electrons. The van der Waals surface area contributed by atoms with Gasteiger partial charge in [0.1, 0.15) is 5.60 Å². The first-order chi connectivity index (χ1) is 8.38. The zero-order valence-electron chi connectivity index (χ0n) is 11.7. The molecule has 18 heavy (non-hydrogen) atoms. The Bertz CT molecular complexity index is 380. The Morgan fingerprint density at radius 3 is 2.72 bits per heavy atom. The standard InChI is InChI=1S/C13H23N3O2/c1-13(2,3)18-12(17)7-9-14-8-5-11-6-10-15-16(11)4/h6,10,14H,5,7-9H2,1-4H3. The molecule has 0 aliphatic rings. The van der Waals surface area contributed by atoms with Crippen molar-refractivity contribution >= 4 is 5.97 Å². The highest BCUT2D eigenvalue weighted by molar-refractivity contribution is 5.70. The first-order valence-electron chi connectivity index (χ1n) is 6.28. The van der Waals surface area contributed by atoms with E-state index in [0.717, 1.165) is 13.0 Å². The maximum absolute atomic E-state index is 11.4. The molecule has 0 atom stereocenters. The van der Waals surface area contributed by atoms with Gasteiger partial charge in [-0.15, -0.1) is 0 Å². The van der Waals surface area contributed by atoms with Crippen LogP contribution in [0.5, 0.6) is 0 Å². The molecule has 0 spiro atoms. The van der Waals surface area contributed by atoms with Gasteiger partial charge in [-0.25, -0.2) is 0 Å². The second-order valence-electron chi connectivity index (χ2n) is 5.28. The SMILES string of the molecule is Cn1nccc1CCNCCC(=O)OC(C)(C)C. The zero-order valence-corrected chi connectivity index (χ0v) is 11.7. The summed E-state index contributed by atoms with van der Waals surface area (Å²) >= 11 is 0. The van der Waals surface area contributed by atoms with E-state index >= 15 is 0 Å². The van der Waals surface area contributed by atoms with E-state index in [1.807, 2.05) is 38.6 Å². The Hall–Kier alpha value is -1.36.